The first-order valence-corrected chi connectivity index (χ1v) is 11.6. The maximum absolute atomic E-state index is 5.51. The van der Waals surface area contributed by atoms with Crippen LogP contribution < -0.4 is 10.2 Å². The molecule has 0 unspecified atom stereocenters. The van der Waals surface area contributed by atoms with E-state index in [9.17, 15) is 0 Å². The number of aryl methyl sites for hydroxylation is 1. The van der Waals surface area contributed by atoms with Gasteiger partial charge in [-0.25, -0.2) is 9.97 Å². The SMILES string of the molecule is Cc1[nH]nc2ccc(-c3nc4cnc(N5CCOCC5)cn4c3Nc3ccc(Br)cc3)cc12. The van der Waals surface area contributed by atoms with E-state index in [4.69, 9.17) is 14.7 Å². The Bertz CT molecular complexity index is 1450. The molecule has 0 atom stereocenters. The molecule has 166 valence electrons. The molecule has 0 aliphatic carbocycles. The van der Waals surface area contributed by atoms with Crippen LogP contribution in [0.3, 0.4) is 0 Å². The van der Waals surface area contributed by atoms with E-state index in [1.54, 1.807) is 0 Å². The molecular weight excluding hydrogens is 482 g/mol. The van der Waals surface area contributed by atoms with Crippen molar-refractivity contribution in [3.8, 4) is 11.3 Å². The van der Waals surface area contributed by atoms with Crippen molar-refractivity contribution in [1.29, 1.82) is 0 Å². The molecule has 6 rings (SSSR count). The highest BCUT2D eigenvalue weighted by atomic mass is 79.9. The van der Waals surface area contributed by atoms with Crippen LogP contribution in [0.25, 0.3) is 27.8 Å². The van der Waals surface area contributed by atoms with Gasteiger partial charge in [0.15, 0.2) is 5.65 Å². The molecule has 0 bridgehead atoms. The van der Waals surface area contributed by atoms with E-state index in [-0.39, 0.29) is 0 Å². The van der Waals surface area contributed by atoms with Gasteiger partial charge in [-0.05, 0) is 43.3 Å². The number of rotatable bonds is 4. The third-order valence-corrected chi connectivity index (χ3v) is 6.48. The zero-order valence-corrected chi connectivity index (χ0v) is 19.6. The third-order valence-electron chi connectivity index (χ3n) is 5.96. The first-order valence-electron chi connectivity index (χ1n) is 10.8. The standard InChI is InChI=1S/C24H22BrN7O/c1-15-19-12-16(2-7-20(19)30-29-15)23-24(27-18-5-3-17(25)4-6-18)32-14-22(26-13-21(32)28-23)31-8-10-33-11-9-31/h2-7,12-14,27H,8-11H2,1H3,(H,29,30). The maximum Gasteiger partial charge on any atom is 0.157 e. The van der Waals surface area contributed by atoms with E-state index in [2.05, 4.69) is 59.1 Å². The summed E-state index contributed by atoms with van der Waals surface area (Å²) in [5, 5.41) is 12.1. The van der Waals surface area contributed by atoms with Gasteiger partial charge in [-0.1, -0.05) is 22.0 Å². The van der Waals surface area contributed by atoms with Crippen molar-refractivity contribution in [3.05, 3.63) is 65.0 Å². The van der Waals surface area contributed by atoms with Gasteiger partial charge < -0.3 is 15.0 Å². The van der Waals surface area contributed by atoms with Crippen LogP contribution >= 0.6 is 15.9 Å². The summed E-state index contributed by atoms with van der Waals surface area (Å²) in [6.45, 7) is 5.10. The lowest BCUT2D eigenvalue weighted by Crippen LogP contribution is -2.36. The van der Waals surface area contributed by atoms with Crippen LogP contribution in [0.5, 0.6) is 0 Å². The van der Waals surface area contributed by atoms with Gasteiger partial charge in [0.25, 0.3) is 0 Å². The van der Waals surface area contributed by atoms with E-state index in [1.807, 2.05) is 43.5 Å². The minimum atomic E-state index is 0.711. The Kier molecular flexibility index (Phi) is 5.00. The minimum absolute atomic E-state index is 0.711. The van der Waals surface area contributed by atoms with Crippen molar-refractivity contribution >= 4 is 49.8 Å². The lowest BCUT2D eigenvalue weighted by molar-refractivity contribution is 0.122. The van der Waals surface area contributed by atoms with Crippen molar-refractivity contribution in [2.24, 2.45) is 0 Å². The number of nitrogens with one attached hydrogen (secondary N) is 2. The number of aromatic amines is 1. The molecule has 8 nitrogen and oxygen atoms in total. The quantitative estimate of drug-likeness (QED) is 0.362. The zero-order valence-electron chi connectivity index (χ0n) is 18.0. The largest absolute Gasteiger partial charge is 0.378 e. The number of H-pyrrole nitrogens is 1. The summed E-state index contributed by atoms with van der Waals surface area (Å²) < 4.78 is 8.63. The molecular formula is C24H22BrN7O. The van der Waals surface area contributed by atoms with Crippen molar-refractivity contribution < 1.29 is 4.74 Å². The molecule has 4 heterocycles. The molecule has 3 aromatic heterocycles. The number of imidazole rings is 1. The van der Waals surface area contributed by atoms with Crippen molar-refractivity contribution in [2.75, 3.05) is 36.5 Å². The van der Waals surface area contributed by atoms with Crippen molar-refractivity contribution in [1.82, 2.24) is 24.6 Å². The molecule has 0 amide bonds. The van der Waals surface area contributed by atoms with Gasteiger partial charge in [0.2, 0.25) is 0 Å². The molecule has 9 heteroatoms. The Balaban J connectivity index is 1.51. The van der Waals surface area contributed by atoms with Crippen molar-refractivity contribution in [3.63, 3.8) is 0 Å². The first kappa shape index (κ1) is 20.2. The Morgan fingerprint density at radius 1 is 1.09 bits per heavy atom. The van der Waals surface area contributed by atoms with E-state index < -0.39 is 0 Å². The van der Waals surface area contributed by atoms with Gasteiger partial charge in [0.1, 0.15) is 17.3 Å². The number of hydrogen-bond acceptors (Lipinski definition) is 6. The van der Waals surface area contributed by atoms with Gasteiger partial charge >= 0.3 is 0 Å². The molecule has 0 spiro atoms. The molecule has 1 saturated heterocycles. The average molecular weight is 504 g/mol. The highest BCUT2D eigenvalue weighted by Gasteiger charge is 2.19. The highest BCUT2D eigenvalue weighted by molar-refractivity contribution is 9.10. The molecule has 1 aliphatic heterocycles. The van der Waals surface area contributed by atoms with Gasteiger partial charge in [0, 0.05) is 39.9 Å². The first-order chi connectivity index (χ1) is 16.2. The van der Waals surface area contributed by atoms with Crippen LogP contribution in [0.1, 0.15) is 5.69 Å². The number of benzene rings is 2. The molecule has 1 aliphatic rings. The Labute approximate surface area is 198 Å². The number of halogens is 1. The Hall–Kier alpha value is -3.43. The van der Waals surface area contributed by atoms with Gasteiger partial charge in [-0.15, -0.1) is 0 Å². The second-order valence-corrected chi connectivity index (χ2v) is 9.01. The smallest absolute Gasteiger partial charge is 0.157 e. The van der Waals surface area contributed by atoms with E-state index in [0.717, 1.165) is 68.4 Å². The van der Waals surface area contributed by atoms with E-state index in [0.29, 0.717) is 13.2 Å². The summed E-state index contributed by atoms with van der Waals surface area (Å²) in [5.74, 6) is 1.81. The molecule has 5 aromatic rings. The number of anilines is 3. The fraction of sp³-hybridized carbons (Fsp3) is 0.208. The molecule has 0 radical (unpaired) electrons. The van der Waals surface area contributed by atoms with Gasteiger partial charge in [-0.3, -0.25) is 9.50 Å². The van der Waals surface area contributed by atoms with Gasteiger partial charge in [-0.2, -0.15) is 5.10 Å². The number of fused-ring (bicyclic) bond motifs is 2. The number of nitrogens with zero attached hydrogens (tertiary/aromatic N) is 5. The summed E-state index contributed by atoms with van der Waals surface area (Å²) in [5.41, 5.74) is 5.62. The molecule has 2 N–H and O–H groups in total. The summed E-state index contributed by atoms with van der Waals surface area (Å²) in [7, 11) is 0. The topological polar surface area (TPSA) is 83.4 Å². The monoisotopic (exact) mass is 503 g/mol. The number of hydrogen-bond donors (Lipinski definition) is 2. The number of morpholine rings is 1. The normalized spacial score (nSPS) is 14.3. The highest BCUT2D eigenvalue weighted by Crippen LogP contribution is 2.34. The summed E-state index contributed by atoms with van der Waals surface area (Å²) in [6, 6.07) is 14.4. The lowest BCUT2D eigenvalue weighted by Gasteiger charge is -2.27. The van der Waals surface area contributed by atoms with Crippen LogP contribution in [0.15, 0.2) is 59.3 Å². The lowest BCUT2D eigenvalue weighted by atomic mass is 10.1. The van der Waals surface area contributed by atoms with E-state index in [1.165, 1.54) is 0 Å². The van der Waals surface area contributed by atoms with Crippen LogP contribution in [0, 0.1) is 6.92 Å². The Morgan fingerprint density at radius 3 is 2.73 bits per heavy atom. The third kappa shape index (κ3) is 3.73. The van der Waals surface area contributed by atoms with Crippen LogP contribution in [0.4, 0.5) is 17.3 Å². The van der Waals surface area contributed by atoms with Gasteiger partial charge in [0.05, 0.1) is 31.1 Å². The zero-order chi connectivity index (χ0) is 22.4. The second kappa shape index (κ2) is 8.17. The predicted octanol–water partition coefficient (Wildman–Crippen LogP) is 4.92. The van der Waals surface area contributed by atoms with E-state index >= 15 is 0 Å². The summed E-state index contributed by atoms with van der Waals surface area (Å²) in [4.78, 5) is 11.9. The second-order valence-electron chi connectivity index (χ2n) is 8.09. The van der Waals surface area contributed by atoms with Crippen LogP contribution in [0.2, 0.25) is 0 Å². The average Bonchev–Trinajstić information content (AvgIpc) is 3.41. The fourth-order valence-electron chi connectivity index (χ4n) is 4.18. The minimum Gasteiger partial charge on any atom is -0.378 e. The molecule has 33 heavy (non-hydrogen) atoms. The number of ether oxygens (including phenoxy) is 1. The maximum atomic E-state index is 5.51. The molecule has 2 aromatic carbocycles. The Morgan fingerprint density at radius 2 is 1.91 bits per heavy atom. The van der Waals surface area contributed by atoms with Crippen LogP contribution in [-0.4, -0.2) is 50.9 Å². The van der Waals surface area contributed by atoms with Crippen molar-refractivity contribution in [2.45, 2.75) is 6.92 Å². The van der Waals surface area contributed by atoms with Crippen LogP contribution in [-0.2, 0) is 4.74 Å². The summed E-state index contributed by atoms with van der Waals surface area (Å²) >= 11 is 3.52. The summed E-state index contributed by atoms with van der Waals surface area (Å²) in [6.07, 6.45) is 3.89. The molecule has 0 saturated carbocycles. The predicted molar refractivity (Wildman–Crippen MR) is 133 cm³/mol. The molecule has 1 fully saturated rings. The number of aromatic nitrogens is 5. The fourth-order valence-corrected chi connectivity index (χ4v) is 4.44.